The van der Waals surface area contributed by atoms with Gasteiger partial charge in [0.25, 0.3) is 11.8 Å². The summed E-state index contributed by atoms with van der Waals surface area (Å²) in [4.78, 5) is 42.6. The minimum atomic E-state index is -0.911. The van der Waals surface area contributed by atoms with Crippen molar-refractivity contribution in [3.8, 4) is 0 Å². The van der Waals surface area contributed by atoms with Crippen LogP contribution in [0.2, 0.25) is 20.1 Å². The average Bonchev–Trinajstić information content (AvgIpc) is 3.43. The van der Waals surface area contributed by atoms with Crippen LogP contribution in [0.4, 0.5) is 0 Å². The number of nitrogens with zero attached hydrogens (tertiary/aromatic N) is 1. The molecular formula is C18H9Cl4NO4. The molecule has 1 unspecified atom stereocenters. The first-order chi connectivity index (χ1) is 12.8. The van der Waals surface area contributed by atoms with Crippen molar-refractivity contribution in [3.63, 3.8) is 0 Å². The van der Waals surface area contributed by atoms with E-state index in [1.165, 1.54) is 0 Å². The first-order valence-corrected chi connectivity index (χ1v) is 9.35. The fourth-order valence-corrected chi connectivity index (χ4v) is 4.11. The van der Waals surface area contributed by atoms with Crippen molar-refractivity contribution >= 4 is 64.2 Å². The van der Waals surface area contributed by atoms with Gasteiger partial charge in [-0.1, -0.05) is 81.8 Å². The molecule has 2 atom stereocenters. The lowest BCUT2D eigenvalue weighted by Crippen LogP contribution is -2.33. The van der Waals surface area contributed by atoms with Gasteiger partial charge in [0, 0.05) is 0 Å². The fraction of sp³-hybridized carbons (Fsp3) is 0.167. The molecule has 0 aromatic heterocycles. The minimum Gasteiger partial charge on any atom is -0.329 e. The highest BCUT2D eigenvalue weighted by atomic mass is 35.5. The highest BCUT2D eigenvalue weighted by Crippen LogP contribution is 2.49. The third-order valence-corrected chi connectivity index (χ3v) is 6.37. The monoisotopic (exact) mass is 443 g/mol. The lowest BCUT2D eigenvalue weighted by atomic mass is 10.1. The smallest absolute Gasteiger partial charge is 0.329 e. The quantitative estimate of drug-likeness (QED) is 0.372. The number of carbonyl (C=O) groups excluding carboxylic acids is 3. The molecule has 1 heterocycles. The minimum absolute atomic E-state index is 0.00931. The lowest BCUT2D eigenvalue weighted by molar-refractivity contribution is -0.170. The van der Waals surface area contributed by atoms with Crippen molar-refractivity contribution in [1.82, 2.24) is 5.06 Å². The molecule has 1 aliphatic heterocycles. The summed E-state index contributed by atoms with van der Waals surface area (Å²) < 4.78 is 0. The van der Waals surface area contributed by atoms with Crippen molar-refractivity contribution in [3.05, 3.63) is 67.1 Å². The Kier molecular flexibility index (Phi) is 4.59. The normalized spacial score (nSPS) is 20.7. The Morgan fingerprint density at radius 1 is 0.889 bits per heavy atom. The van der Waals surface area contributed by atoms with E-state index in [0.29, 0.717) is 11.5 Å². The molecule has 0 radical (unpaired) electrons. The first-order valence-electron chi connectivity index (χ1n) is 7.84. The molecule has 1 saturated carbocycles. The molecule has 1 aliphatic carbocycles. The number of hydrogen-bond acceptors (Lipinski definition) is 4. The molecule has 27 heavy (non-hydrogen) atoms. The van der Waals surface area contributed by atoms with Crippen LogP contribution in [0.1, 0.15) is 38.6 Å². The average molecular weight is 445 g/mol. The van der Waals surface area contributed by atoms with E-state index < -0.39 is 23.7 Å². The molecule has 4 rings (SSSR count). The Labute approximate surface area is 173 Å². The van der Waals surface area contributed by atoms with Gasteiger partial charge in [-0.3, -0.25) is 9.59 Å². The van der Waals surface area contributed by atoms with E-state index >= 15 is 0 Å². The number of hydrogen-bond donors (Lipinski definition) is 0. The highest BCUT2D eigenvalue weighted by molar-refractivity contribution is 6.55. The molecule has 0 saturated heterocycles. The standard InChI is InChI=1S/C18H9Cl4NO4/c19-12-10-11(13(20)15(22)14(12)21)17(25)23(16(10)24)27-18(26)9-6-8(9)7-4-2-1-3-5-7/h1-5,8-9H,6H2/t8?,9-/m0/s1. The van der Waals surface area contributed by atoms with Crippen LogP contribution in [0.3, 0.4) is 0 Å². The zero-order valence-electron chi connectivity index (χ0n) is 13.3. The molecule has 1 fully saturated rings. The number of halogens is 4. The van der Waals surface area contributed by atoms with Crippen LogP contribution in [0.25, 0.3) is 0 Å². The summed E-state index contributed by atoms with van der Waals surface area (Å²) in [6.07, 6.45) is 0.575. The van der Waals surface area contributed by atoms with Gasteiger partial charge in [-0.25, -0.2) is 4.79 Å². The van der Waals surface area contributed by atoms with E-state index in [9.17, 15) is 14.4 Å². The van der Waals surface area contributed by atoms with Gasteiger partial charge in [0.2, 0.25) is 0 Å². The number of fused-ring (bicyclic) bond motifs is 1. The van der Waals surface area contributed by atoms with Crippen molar-refractivity contribution in [2.75, 3.05) is 0 Å². The molecule has 0 bridgehead atoms. The van der Waals surface area contributed by atoms with Crippen molar-refractivity contribution in [2.45, 2.75) is 12.3 Å². The van der Waals surface area contributed by atoms with Crippen LogP contribution in [0, 0.1) is 5.92 Å². The third kappa shape index (κ3) is 2.90. The summed E-state index contributed by atoms with van der Waals surface area (Å²) in [5.74, 6) is -2.95. The molecule has 0 spiro atoms. The molecular weight excluding hydrogens is 436 g/mol. The molecule has 138 valence electrons. The maximum absolute atomic E-state index is 12.6. The fourth-order valence-electron chi connectivity index (χ4n) is 3.09. The SMILES string of the molecule is O=C(ON1C(=O)c2c(Cl)c(Cl)c(Cl)c(Cl)c2C1=O)[C@H]1CC1c1ccccc1. The third-order valence-electron chi connectivity index (χ3n) is 4.57. The van der Waals surface area contributed by atoms with E-state index in [0.717, 1.165) is 5.56 Å². The summed E-state index contributed by atoms with van der Waals surface area (Å²) in [6.45, 7) is 0. The van der Waals surface area contributed by atoms with Gasteiger partial charge in [0.05, 0.1) is 37.1 Å². The second-order valence-corrected chi connectivity index (χ2v) is 7.69. The number of carbonyl (C=O) groups is 3. The van der Waals surface area contributed by atoms with Crippen molar-refractivity contribution < 1.29 is 19.2 Å². The van der Waals surface area contributed by atoms with Crippen molar-refractivity contribution in [1.29, 1.82) is 0 Å². The van der Waals surface area contributed by atoms with Crippen LogP contribution in [-0.2, 0) is 9.63 Å². The van der Waals surface area contributed by atoms with Crippen LogP contribution < -0.4 is 0 Å². The Balaban J connectivity index is 1.57. The van der Waals surface area contributed by atoms with E-state index in [2.05, 4.69) is 0 Å². The van der Waals surface area contributed by atoms with Crippen LogP contribution in [-0.4, -0.2) is 22.8 Å². The number of benzene rings is 2. The summed E-state index contributed by atoms with van der Waals surface area (Å²) in [6, 6.07) is 9.43. The second-order valence-electron chi connectivity index (χ2n) is 6.18. The van der Waals surface area contributed by atoms with Gasteiger partial charge in [-0.05, 0) is 17.9 Å². The molecule has 2 aromatic rings. The van der Waals surface area contributed by atoms with Crippen LogP contribution in [0.15, 0.2) is 30.3 Å². The van der Waals surface area contributed by atoms with Gasteiger partial charge in [-0.2, -0.15) is 0 Å². The lowest BCUT2D eigenvalue weighted by Gasteiger charge is -2.12. The summed E-state index contributed by atoms with van der Waals surface area (Å²) >= 11 is 24.0. The zero-order chi connectivity index (χ0) is 19.5. The Hall–Kier alpha value is -1.79. The van der Waals surface area contributed by atoms with Crippen LogP contribution in [0.5, 0.6) is 0 Å². The Morgan fingerprint density at radius 2 is 1.41 bits per heavy atom. The Morgan fingerprint density at radius 3 is 1.93 bits per heavy atom. The maximum atomic E-state index is 12.6. The molecule has 2 aromatic carbocycles. The van der Waals surface area contributed by atoms with E-state index in [1.54, 1.807) is 0 Å². The predicted molar refractivity (Wildman–Crippen MR) is 100 cm³/mol. The zero-order valence-corrected chi connectivity index (χ0v) is 16.4. The molecule has 5 nitrogen and oxygen atoms in total. The first kappa shape index (κ1) is 18.6. The van der Waals surface area contributed by atoms with Gasteiger partial charge in [0.15, 0.2) is 0 Å². The number of imide groups is 1. The summed E-state index contributed by atoms with van der Waals surface area (Å²) in [5, 5.41) is -0.374. The van der Waals surface area contributed by atoms with Crippen molar-refractivity contribution in [2.24, 2.45) is 5.92 Å². The number of amides is 2. The molecule has 9 heteroatoms. The summed E-state index contributed by atoms with van der Waals surface area (Å²) in [7, 11) is 0. The van der Waals surface area contributed by atoms with Gasteiger partial charge >= 0.3 is 5.97 Å². The molecule has 2 aliphatic rings. The molecule has 2 amide bonds. The number of rotatable bonds is 3. The highest BCUT2D eigenvalue weighted by Gasteiger charge is 2.49. The van der Waals surface area contributed by atoms with E-state index in [-0.39, 0.29) is 37.1 Å². The van der Waals surface area contributed by atoms with Gasteiger partial charge in [-0.15, -0.1) is 0 Å². The predicted octanol–water partition coefficient (Wildman–Crippen LogP) is 5.16. The topological polar surface area (TPSA) is 63.7 Å². The van der Waals surface area contributed by atoms with Gasteiger partial charge in [0.1, 0.15) is 0 Å². The Bertz CT molecular complexity index is 961. The number of hydroxylamine groups is 2. The summed E-state index contributed by atoms with van der Waals surface area (Å²) in [5.41, 5.74) is 0.528. The molecule has 0 N–H and O–H groups in total. The van der Waals surface area contributed by atoms with Crippen LogP contribution >= 0.6 is 46.4 Å². The maximum Gasteiger partial charge on any atom is 0.336 e. The largest absolute Gasteiger partial charge is 0.336 e. The second kappa shape index (κ2) is 6.67. The van der Waals surface area contributed by atoms with E-state index in [4.69, 9.17) is 51.2 Å². The van der Waals surface area contributed by atoms with Gasteiger partial charge < -0.3 is 4.84 Å². The van der Waals surface area contributed by atoms with E-state index in [1.807, 2.05) is 30.3 Å².